The van der Waals surface area contributed by atoms with Crippen molar-refractivity contribution in [2.45, 2.75) is 19.9 Å². The SMILES string of the molecule is COc1ncccc1CNCCc1nc(C)no1. The minimum absolute atomic E-state index is 0.651. The zero-order valence-corrected chi connectivity index (χ0v) is 10.5. The van der Waals surface area contributed by atoms with E-state index in [4.69, 9.17) is 9.26 Å². The molecule has 0 aromatic carbocycles. The number of rotatable bonds is 6. The summed E-state index contributed by atoms with van der Waals surface area (Å²) in [5, 5.41) is 7.02. The summed E-state index contributed by atoms with van der Waals surface area (Å²) in [6, 6.07) is 3.87. The van der Waals surface area contributed by atoms with E-state index in [9.17, 15) is 0 Å². The molecule has 0 atom stereocenters. The quantitative estimate of drug-likeness (QED) is 0.772. The van der Waals surface area contributed by atoms with Crippen LogP contribution in [-0.4, -0.2) is 28.8 Å². The molecule has 0 unspecified atom stereocenters. The molecule has 96 valence electrons. The van der Waals surface area contributed by atoms with Crippen molar-refractivity contribution >= 4 is 0 Å². The molecular weight excluding hydrogens is 232 g/mol. The van der Waals surface area contributed by atoms with Gasteiger partial charge in [0, 0.05) is 31.3 Å². The normalized spacial score (nSPS) is 10.6. The molecule has 2 rings (SSSR count). The van der Waals surface area contributed by atoms with Gasteiger partial charge >= 0.3 is 0 Å². The Hall–Kier alpha value is -1.95. The highest BCUT2D eigenvalue weighted by molar-refractivity contribution is 5.24. The first kappa shape index (κ1) is 12.5. The van der Waals surface area contributed by atoms with Gasteiger partial charge in [0.1, 0.15) is 0 Å². The molecule has 0 radical (unpaired) electrons. The minimum atomic E-state index is 0.651. The van der Waals surface area contributed by atoms with Crippen LogP contribution in [0.3, 0.4) is 0 Å². The van der Waals surface area contributed by atoms with E-state index < -0.39 is 0 Å². The molecule has 0 aliphatic rings. The van der Waals surface area contributed by atoms with E-state index >= 15 is 0 Å². The number of nitrogens with one attached hydrogen (secondary N) is 1. The van der Waals surface area contributed by atoms with Crippen LogP contribution in [0.5, 0.6) is 5.88 Å². The molecular formula is C12H16N4O2. The van der Waals surface area contributed by atoms with Crippen molar-refractivity contribution in [2.75, 3.05) is 13.7 Å². The molecule has 2 aromatic heterocycles. The zero-order valence-electron chi connectivity index (χ0n) is 10.5. The van der Waals surface area contributed by atoms with E-state index in [-0.39, 0.29) is 0 Å². The smallest absolute Gasteiger partial charge is 0.227 e. The fourth-order valence-corrected chi connectivity index (χ4v) is 1.60. The first-order chi connectivity index (χ1) is 8.79. The maximum atomic E-state index is 5.17. The second-order valence-corrected chi connectivity index (χ2v) is 3.83. The third-order valence-electron chi connectivity index (χ3n) is 2.44. The van der Waals surface area contributed by atoms with Crippen LogP contribution >= 0.6 is 0 Å². The fourth-order valence-electron chi connectivity index (χ4n) is 1.60. The van der Waals surface area contributed by atoms with Crippen LogP contribution in [0.2, 0.25) is 0 Å². The largest absolute Gasteiger partial charge is 0.481 e. The van der Waals surface area contributed by atoms with Crippen molar-refractivity contribution in [3.05, 3.63) is 35.6 Å². The number of methoxy groups -OCH3 is 1. The van der Waals surface area contributed by atoms with Gasteiger partial charge in [-0.15, -0.1) is 0 Å². The molecule has 0 aliphatic carbocycles. The van der Waals surface area contributed by atoms with E-state index in [0.29, 0.717) is 30.6 Å². The van der Waals surface area contributed by atoms with Crippen molar-refractivity contribution < 1.29 is 9.26 Å². The van der Waals surface area contributed by atoms with Gasteiger partial charge in [0.2, 0.25) is 11.8 Å². The van der Waals surface area contributed by atoms with Crippen LogP contribution in [-0.2, 0) is 13.0 Å². The van der Waals surface area contributed by atoms with Crippen LogP contribution in [0, 0.1) is 6.92 Å². The Bertz CT molecular complexity index is 498. The predicted octanol–water partition coefficient (Wildman–Crippen LogP) is 1.11. The summed E-state index contributed by atoms with van der Waals surface area (Å²) < 4.78 is 10.2. The average Bonchev–Trinajstić information content (AvgIpc) is 2.81. The van der Waals surface area contributed by atoms with Gasteiger partial charge in [0.05, 0.1) is 7.11 Å². The monoisotopic (exact) mass is 248 g/mol. The van der Waals surface area contributed by atoms with Gasteiger partial charge in [-0.3, -0.25) is 0 Å². The lowest BCUT2D eigenvalue weighted by Gasteiger charge is -2.07. The maximum absolute atomic E-state index is 5.17. The van der Waals surface area contributed by atoms with Crippen molar-refractivity contribution in [1.82, 2.24) is 20.4 Å². The number of aryl methyl sites for hydroxylation is 1. The lowest BCUT2D eigenvalue weighted by Crippen LogP contribution is -2.17. The molecule has 0 aliphatic heterocycles. The summed E-state index contributed by atoms with van der Waals surface area (Å²) >= 11 is 0. The van der Waals surface area contributed by atoms with Gasteiger partial charge in [0.25, 0.3) is 0 Å². The van der Waals surface area contributed by atoms with E-state index in [1.165, 1.54) is 0 Å². The maximum Gasteiger partial charge on any atom is 0.227 e. The average molecular weight is 248 g/mol. The lowest BCUT2D eigenvalue weighted by atomic mass is 10.2. The van der Waals surface area contributed by atoms with Crippen LogP contribution in [0.1, 0.15) is 17.3 Å². The van der Waals surface area contributed by atoms with Gasteiger partial charge in [0.15, 0.2) is 5.82 Å². The Morgan fingerprint density at radius 2 is 2.33 bits per heavy atom. The Kier molecular flexibility index (Phi) is 4.25. The summed E-state index contributed by atoms with van der Waals surface area (Å²) in [7, 11) is 1.62. The first-order valence-corrected chi connectivity index (χ1v) is 5.77. The number of ether oxygens (including phenoxy) is 1. The van der Waals surface area contributed by atoms with Gasteiger partial charge in [-0.1, -0.05) is 11.2 Å². The Labute approximate surface area is 105 Å². The fraction of sp³-hybridized carbons (Fsp3) is 0.417. The zero-order chi connectivity index (χ0) is 12.8. The van der Waals surface area contributed by atoms with Crippen molar-refractivity contribution in [1.29, 1.82) is 0 Å². The van der Waals surface area contributed by atoms with Crippen LogP contribution in [0.15, 0.2) is 22.9 Å². The molecule has 0 bridgehead atoms. The number of hydrogen-bond donors (Lipinski definition) is 1. The van der Waals surface area contributed by atoms with E-state index in [1.807, 2.05) is 12.1 Å². The van der Waals surface area contributed by atoms with Crippen LogP contribution < -0.4 is 10.1 Å². The summed E-state index contributed by atoms with van der Waals surface area (Å²) in [5.41, 5.74) is 1.03. The van der Waals surface area contributed by atoms with Crippen LogP contribution in [0.4, 0.5) is 0 Å². The molecule has 2 heterocycles. The van der Waals surface area contributed by atoms with Crippen molar-refractivity contribution in [3.8, 4) is 5.88 Å². The van der Waals surface area contributed by atoms with Crippen molar-refractivity contribution in [3.63, 3.8) is 0 Å². The molecule has 0 spiro atoms. The van der Waals surface area contributed by atoms with Gasteiger partial charge < -0.3 is 14.6 Å². The second kappa shape index (κ2) is 6.11. The second-order valence-electron chi connectivity index (χ2n) is 3.83. The standard InChI is InChI=1S/C12H16N4O2/c1-9-15-11(18-16-9)5-7-13-8-10-4-3-6-14-12(10)17-2/h3-4,6,13H,5,7-8H2,1-2H3. The molecule has 2 aromatic rings. The number of aromatic nitrogens is 3. The summed E-state index contributed by atoms with van der Waals surface area (Å²) in [6.45, 7) is 3.27. The summed E-state index contributed by atoms with van der Waals surface area (Å²) in [6.07, 6.45) is 2.42. The Morgan fingerprint density at radius 3 is 3.06 bits per heavy atom. The Balaban J connectivity index is 1.78. The molecule has 18 heavy (non-hydrogen) atoms. The molecule has 6 nitrogen and oxygen atoms in total. The van der Waals surface area contributed by atoms with Gasteiger partial charge in [-0.2, -0.15) is 4.98 Å². The highest BCUT2D eigenvalue weighted by atomic mass is 16.5. The molecule has 1 N–H and O–H groups in total. The summed E-state index contributed by atoms with van der Waals surface area (Å²) in [5.74, 6) is 1.97. The first-order valence-electron chi connectivity index (χ1n) is 5.77. The number of hydrogen-bond acceptors (Lipinski definition) is 6. The number of pyridine rings is 1. The van der Waals surface area contributed by atoms with E-state index in [2.05, 4.69) is 20.4 Å². The highest BCUT2D eigenvalue weighted by Gasteiger charge is 2.04. The Morgan fingerprint density at radius 1 is 1.44 bits per heavy atom. The molecule has 0 saturated carbocycles. The van der Waals surface area contributed by atoms with Gasteiger partial charge in [-0.05, 0) is 13.0 Å². The summed E-state index contributed by atoms with van der Waals surface area (Å²) in [4.78, 5) is 8.27. The lowest BCUT2D eigenvalue weighted by molar-refractivity contribution is 0.371. The molecule has 0 amide bonds. The van der Waals surface area contributed by atoms with E-state index in [0.717, 1.165) is 12.1 Å². The molecule has 0 saturated heterocycles. The topological polar surface area (TPSA) is 73.1 Å². The number of nitrogens with zero attached hydrogens (tertiary/aromatic N) is 3. The highest BCUT2D eigenvalue weighted by Crippen LogP contribution is 2.12. The third-order valence-corrected chi connectivity index (χ3v) is 2.44. The third kappa shape index (κ3) is 3.27. The minimum Gasteiger partial charge on any atom is -0.481 e. The van der Waals surface area contributed by atoms with Crippen LogP contribution in [0.25, 0.3) is 0 Å². The molecule has 0 fully saturated rings. The van der Waals surface area contributed by atoms with Gasteiger partial charge in [-0.25, -0.2) is 4.98 Å². The predicted molar refractivity (Wildman–Crippen MR) is 65.2 cm³/mol. The molecule has 6 heteroatoms. The van der Waals surface area contributed by atoms with Crippen molar-refractivity contribution in [2.24, 2.45) is 0 Å². The van der Waals surface area contributed by atoms with E-state index in [1.54, 1.807) is 20.2 Å².